The van der Waals surface area contributed by atoms with E-state index in [-0.39, 0.29) is 17.1 Å². The molecular weight excluding hydrogens is 388 g/mol. The van der Waals surface area contributed by atoms with Crippen molar-refractivity contribution in [1.29, 1.82) is 0 Å². The van der Waals surface area contributed by atoms with E-state index in [9.17, 15) is 22.8 Å². The molecule has 1 aliphatic rings. The second kappa shape index (κ2) is 9.65. The summed E-state index contributed by atoms with van der Waals surface area (Å²) in [4.78, 5) is 35.1. The zero-order valence-corrected chi connectivity index (χ0v) is 16.7. The Morgan fingerprint density at radius 3 is 2.43 bits per heavy atom. The van der Waals surface area contributed by atoms with Crippen molar-refractivity contribution in [2.24, 2.45) is 0 Å². The number of piperidine rings is 1. The number of hydrogen-bond acceptors (Lipinski definition) is 7. The largest absolute Gasteiger partial charge is 0.452 e. The highest BCUT2D eigenvalue weighted by Gasteiger charge is 2.27. The van der Waals surface area contributed by atoms with Crippen LogP contribution in [0.4, 0.5) is 4.79 Å². The summed E-state index contributed by atoms with van der Waals surface area (Å²) < 4.78 is 36.4. The van der Waals surface area contributed by atoms with Gasteiger partial charge >= 0.3 is 12.1 Å². The van der Waals surface area contributed by atoms with Gasteiger partial charge in [0.1, 0.15) is 0 Å². The SMILES string of the molecule is CCOC(=O)NC(=O)COC(=O)c1cc(S(=O)(=O)N2CCCCC2)ccc1C. The molecule has 2 amide bonds. The van der Waals surface area contributed by atoms with Crippen LogP contribution in [0, 0.1) is 6.92 Å². The Morgan fingerprint density at radius 2 is 1.79 bits per heavy atom. The molecule has 28 heavy (non-hydrogen) atoms. The molecule has 0 radical (unpaired) electrons. The van der Waals surface area contributed by atoms with E-state index in [0.717, 1.165) is 19.3 Å². The van der Waals surface area contributed by atoms with E-state index in [1.165, 1.54) is 22.5 Å². The molecule has 1 fully saturated rings. The molecule has 1 aliphatic heterocycles. The fourth-order valence-electron chi connectivity index (χ4n) is 2.76. The molecule has 1 aromatic rings. The van der Waals surface area contributed by atoms with Crippen molar-refractivity contribution in [2.75, 3.05) is 26.3 Å². The summed E-state index contributed by atoms with van der Waals surface area (Å²) >= 11 is 0. The van der Waals surface area contributed by atoms with Crippen molar-refractivity contribution in [3.05, 3.63) is 29.3 Å². The molecule has 2 rings (SSSR count). The first-order valence-electron chi connectivity index (χ1n) is 9.00. The summed E-state index contributed by atoms with van der Waals surface area (Å²) in [5.74, 6) is -1.70. The molecule has 0 atom stereocenters. The third-order valence-corrected chi connectivity index (χ3v) is 6.13. The Balaban J connectivity index is 2.09. The lowest BCUT2D eigenvalue weighted by Gasteiger charge is -2.26. The van der Waals surface area contributed by atoms with Crippen LogP contribution in [0.1, 0.15) is 42.1 Å². The maximum atomic E-state index is 12.8. The highest BCUT2D eigenvalue weighted by Crippen LogP contribution is 2.23. The number of ether oxygens (including phenoxy) is 2. The quantitative estimate of drug-likeness (QED) is 0.705. The van der Waals surface area contributed by atoms with Gasteiger partial charge in [-0.2, -0.15) is 4.31 Å². The number of nitrogens with one attached hydrogen (secondary N) is 1. The Kier molecular flexibility index (Phi) is 7.53. The highest BCUT2D eigenvalue weighted by atomic mass is 32.2. The van der Waals surface area contributed by atoms with Gasteiger partial charge in [-0.1, -0.05) is 12.5 Å². The van der Waals surface area contributed by atoms with Crippen LogP contribution in [-0.2, 0) is 24.3 Å². The number of benzene rings is 1. The van der Waals surface area contributed by atoms with E-state index in [2.05, 4.69) is 4.74 Å². The van der Waals surface area contributed by atoms with Gasteiger partial charge in [0.05, 0.1) is 17.1 Å². The van der Waals surface area contributed by atoms with Gasteiger partial charge in [0.2, 0.25) is 10.0 Å². The van der Waals surface area contributed by atoms with Gasteiger partial charge < -0.3 is 9.47 Å². The van der Waals surface area contributed by atoms with Gasteiger partial charge in [-0.15, -0.1) is 0 Å². The molecule has 9 nitrogen and oxygen atoms in total. The number of esters is 1. The molecule has 0 aliphatic carbocycles. The van der Waals surface area contributed by atoms with Crippen LogP contribution < -0.4 is 5.32 Å². The normalized spacial score (nSPS) is 14.9. The van der Waals surface area contributed by atoms with Crippen molar-refractivity contribution in [1.82, 2.24) is 9.62 Å². The minimum absolute atomic E-state index is 0.00271. The van der Waals surface area contributed by atoms with Gasteiger partial charge in [-0.3, -0.25) is 10.1 Å². The van der Waals surface area contributed by atoms with Crippen LogP contribution in [-0.4, -0.2) is 57.0 Å². The number of aryl methyl sites for hydroxylation is 1. The summed E-state index contributed by atoms with van der Waals surface area (Å²) in [7, 11) is -3.70. The first kappa shape index (κ1) is 21.8. The van der Waals surface area contributed by atoms with Crippen LogP contribution in [0.25, 0.3) is 0 Å². The fraction of sp³-hybridized carbons (Fsp3) is 0.500. The maximum Gasteiger partial charge on any atom is 0.413 e. The smallest absolute Gasteiger partial charge is 0.413 e. The molecular formula is C18H24N2O7S. The minimum atomic E-state index is -3.70. The van der Waals surface area contributed by atoms with Crippen LogP contribution in [0.2, 0.25) is 0 Å². The average molecular weight is 412 g/mol. The zero-order valence-electron chi connectivity index (χ0n) is 15.9. The summed E-state index contributed by atoms with van der Waals surface area (Å²) in [6.07, 6.45) is 1.66. The summed E-state index contributed by atoms with van der Waals surface area (Å²) in [5, 5.41) is 1.90. The molecule has 1 N–H and O–H groups in total. The molecule has 154 valence electrons. The Bertz CT molecular complexity index is 845. The number of carbonyl (C=O) groups is 3. The van der Waals surface area contributed by atoms with Crippen molar-refractivity contribution in [3.8, 4) is 0 Å². The van der Waals surface area contributed by atoms with E-state index in [1.54, 1.807) is 13.8 Å². The van der Waals surface area contributed by atoms with E-state index >= 15 is 0 Å². The number of nitrogens with zero attached hydrogens (tertiary/aromatic N) is 1. The Labute approximate surface area is 164 Å². The second-order valence-corrected chi connectivity index (χ2v) is 8.22. The number of imide groups is 1. The molecule has 0 unspecified atom stereocenters. The maximum absolute atomic E-state index is 12.8. The molecule has 0 bridgehead atoms. The lowest BCUT2D eigenvalue weighted by molar-refractivity contribution is -0.123. The van der Waals surface area contributed by atoms with Crippen LogP contribution in [0.3, 0.4) is 0 Å². The number of alkyl carbamates (subject to hydrolysis) is 1. The molecule has 1 heterocycles. The number of sulfonamides is 1. The van der Waals surface area contributed by atoms with Crippen molar-refractivity contribution in [3.63, 3.8) is 0 Å². The zero-order chi connectivity index (χ0) is 20.7. The molecule has 0 aromatic heterocycles. The van der Waals surface area contributed by atoms with Gasteiger partial charge in [-0.25, -0.2) is 18.0 Å². The fourth-order valence-corrected chi connectivity index (χ4v) is 4.31. The first-order valence-corrected chi connectivity index (χ1v) is 10.4. The van der Waals surface area contributed by atoms with E-state index in [1.807, 2.05) is 5.32 Å². The Hall–Kier alpha value is -2.46. The third kappa shape index (κ3) is 5.52. The summed E-state index contributed by atoms with van der Waals surface area (Å²) in [6.45, 7) is 3.51. The predicted octanol–water partition coefficient (Wildman–Crippen LogP) is 1.60. The molecule has 1 saturated heterocycles. The van der Waals surface area contributed by atoms with Crippen molar-refractivity contribution >= 4 is 28.0 Å². The number of rotatable bonds is 6. The van der Waals surface area contributed by atoms with E-state index in [4.69, 9.17) is 4.74 Å². The molecule has 1 aromatic carbocycles. The topological polar surface area (TPSA) is 119 Å². The molecule has 0 spiro atoms. The van der Waals surface area contributed by atoms with Crippen molar-refractivity contribution < 1.29 is 32.3 Å². The van der Waals surface area contributed by atoms with Crippen LogP contribution in [0.5, 0.6) is 0 Å². The Morgan fingerprint density at radius 1 is 1.11 bits per heavy atom. The van der Waals surface area contributed by atoms with E-state index < -0.39 is 34.6 Å². The van der Waals surface area contributed by atoms with Crippen LogP contribution in [0.15, 0.2) is 23.1 Å². The van der Waals surface area contributed by atoms with Crippen molar-refractivity contribution in [2.45, 2.75) is 38.0 Å². The number of hydrogen-bond donors (Lipinski definition) is 1. The highest BCUT2D eigenvalue weighted by molar-refractivity contribution is 7.89. The average Bonchev–Trinajstić information content (AvgIpc) is 2.67. The van der Waals surface area contributed by atoms with E-state index in [0.29, 0.717) is 18.7 Å². The van der Waals surface area contributed by atoms with Gasteiger partial charge in [-0.05, 0) is 44.4 Å². The van der Waals surface area contributed by atoms with Gasteiger partial charge in [0.25, 0.3) is 5.91 Å². The standard InChI is InChI=1S/C18H24N2O7S/c1-3-26-18(23)19-16(21)12-27-17(22)15-11-14(8-7-13(15)2)28(24,25)20-9-5-4-6-10-20/h7-8,11H,3-6,9-10,12H2,1-2H3,(H,19,21,23). The lowest BCUT2D eigenvalue weighted by Crippen LogP contribution is -2.35. The predicted molar refractivity (Wildman–Crippen MR) is 99.2 cm³/mol. The van der Waals surface area contributed by atoms with Gasteiger partial charge in [0.15, 0.2) is 6.61 Å². The first-order chi connectivity index (χ1) is 13.3. The third-order valence-electron chi connectivity index (χ3n) is 4.23. The molecule has 0 saturated carbocycles. The monoisotopic (exact) mass is 412 g/mol. The summed E-state index contributed by atoms with van der Waals surface area (Å²) in [6, 6.07) is 4.22. The lowest BCUT2D eigenvalue weighted by atomic mass is 10.1. The second-order valence-electron chi connectivity index (χ2n) is 6.29. The summed E-state index contributed by atoms with van der Waals surface area (Å²) in [5.41, 5.74) is 0.551. The van der Waals surface area contributed by atoms with Gasteiger partial charge in [0, 0.05) is 13.1 Å². The number of amides is 2. The number of carbonyl (C=O) groups excluding carboxylic acids is 3. The minimum Gasteiger partial charge on any atom is -0.452 e. The van der Waals surface area contributed by atoms with Crippen LogP contribution >= 0.6 is 0 Å². The molecule has 10 heteroatoms.